The highest BCUT2D eigenvalue weighted by Gasteiger charge is 2.36. The molecule has 0 bridgehead atoms. The van der Waals surface area contributed by atoms with Crippen LogP contribution in [0, 0.1) is 6.92 Å². The van der Waals surface area contributed by atoms with Crippen molar-refractivity contribution in [3.8, 4) is 5.75 Å². The molecule has 10 heteroatoms. The van der Waals surface area contributed by atoms with Crippen LogP contribution in [0.4, 0.5) is 10.5 Å². The van der Waals surface area contributed by atoms with Crippen molar-refractivity contribution < 1.29 is 29.3 Å². The van der Waals surface area contributed by atoms with E-state index in [1.54, 1.807) is 57.2 Å². The molecular weight excluding hydrogens is 570 g/mol. The van der Waals surface area contributed by atoms with Gasteiger partial charge in [-0.1, -0.05) is 67.1 Å². The lowest BCUT2D eigenvalue weighted by atomic mass is 9.98. The van der Waals surface area contributed by atoms with Crippen LogP contribution in [0.15, 0.2) is 66.7 Å². The average molecular weight is 610 g/mol. The van der Waals surface area contributed by atoms with E-state index in [0.29, 0.717) is 21.8 Å². The number of para-hydroxylation sites is 1. The fraction of sp³-hybridized carbons (Fsp3) is 0.364. The molecule has 0 aliphatic rings. The van der Waals surface area contributed by atoms with Gasteiger partial charge in [0.2, 0.25) is 5.91 Å². The van der Waals surface area contributed by atoms with Crippen LogP contribution in [-0.4, -0.2) is 57.8 Å². The fourth-order valence-electron chi connectivity index (χ4n) is 4.58. The van der Waals surface area contributed by atoms with Gasteiger partial charge in [-0.3, -0.25) is 9.59 Å². The van der Waals surface area contributed by atoms with Crippen molar-refractivity contribution in [1.29, 1.82) is 0 Å². The number of aryl methyl sites for hydroxylation is 2. The molecule has 3 aromatic rings. The summed E-state index contributed by atoms with van der Waals surface area (Å²) in [7, 11) is 0. The van der Waals surface area contributed by atoms with E-state index in [1.165, 1.54) is 17.0 Å². The summed E-state index contributed by atoms with van der Waals surface area (Å²) < 4.78 is 5.43. The number of aromatic hydroxyl groups is 1. The first-order valence-corrected chi connectivity index (χ1v) is 14.5. The van der Waals surface area contributed by atoms with E-state index in [4.69, 9.17) is 16.3 Å². The highest BCUT2D eigenvalue weighted by atomic mass is 35.5. The van der Waals surface area contributed by atoms with Crippen molar-refractivity contribution in [2.24, 2.45) is 0 Å². The minimum absolute atomic E-state index is 0.0347. The molecule has 230 valence electrons. The van der Waals surface area contributed by atoms with Crippen LogP contribution < -0.4 is 10.6 Å². The minimum Gasteiger partial charge on any atom is -0.508 e. The topological polar surface area (TPSA) is 128 Å². The molecule has 0 aliphatic heterocycles. The predicted molar refractivity (Wildman–Crippen MR) is 167 cm³/mol. The number of nitrogens with zero attached hydrogens (tertiary/aromatic N) is 1. The Labute approximate surface area is 257 Å². The number of rotatable bonds is 11. The van der Waals surface area contributed by atoms with Gasteiger partial charge in [-0.05, 0) is 74.6 Å². The van der Waals surface area contributed by atoms with Crippen LogP contribution in [0.1, 0.15) is 56.0 Å². The summed E-state index contributed by atoms with van der Waals surface area (Å²) in [5, 5.41) is 25.7. The van der Waals surface area contributed by atoms with Crippen LogP contribution in [0.25, 0.3) is 0 Å². The molecule has 3 rings (SSSR count). The van der Waals surface area contributed by atoms with Crippen LogP contribution in [0.3, 0.4) is 0 Å². The first kappa shape index (κ1) is 33.4. The predicted octanol–water partition coefficient (Wildman–Crippen LogP) is 5.55. The van der Waals surface area contributed by atoms with Gasteiger partial charge in [0.1, 0.15) is 23.4 Å². The van der Waals surface area contributed by atoms with Gasteiger partial charge in [0, 0.05) is 13.0 Å². The van der Waals surface area contributed by atoms with Crippen LogP contribution in [0.2, 0.25) is 5.02 Å². The molecule has 0 fully saturated rings. The molecule has 3 aromatic carbocycles. The first-order valence-electron chi connectivity index (χ1n) is 14.2. The van der Waals surface area contributed by atoms with E-state index in [1.807, 2.05) is 32.0 Å². The number of hydrogen-bond donors (Lipinski definition) is 4. The summed E-state index contributed by atoms with van der Waals surface area (Å²) in [5.41, 5.74) is 2.53. The van der Waals surface area contributed by atoms with Gasteiger partial charge < -0.3 is 30.5 Å². The van der Waals surface area contributed by atoms with Crippen molar-refractivity contribution in [2.45, 2.75) is 65.1 Å². The summed E-state index contributed by atoms with van der Waals surface area (Å²) in [6, 6.07) is 16.4. The Morgan fingerprint density at radius 3 is 2.16 bits per heavy atom. The second kappa shape index (κ2) is 14.9. The number of benzene rings is 3. The number of phenolic OH excluding ortho intramolecular Hbond substituents is 1. The molecule has 0 saturated heterocycles. The molecule has 0 spiro atoms. The van der Waals surface area contributed by atoms with Crippen LogP contribution >= 0.6 is 11.6 Å². The first-order chi connectivity index (χ1) is 20.3. The standard InChI is InChI=1S/C33H40ClN3O6/c1-6-22-10-14-24(15-11-22)29(30(40)36-28-21(2)8-7-9-26(28)34)37(18-19-38)31(41)27(35-32(42)43-33(3,4)5)20-23-12-16-25(39)17-13-23/h7-17,27,29,38-39H,6,18-20H2,1-5H3,(H,35,42)(H,36,40). The summed E-state index contributed by atoms with van der Waals surface area (Å²) in [6.45, 7) is 8.30. The van der Waals surface area contributed by atoms with Crippen molar-refractivity contribution in [3.05, 3.63) is 94.0 Å². The number of alkyl carbamates (subject to hydrolysis) is 1. The number of aliphatic hydroxyl groups excluding tert-OH is 1. The third-order valence-electron chi connectivity index (χ3n) is 6.72. The van der Waals surface area contributed by atoms with E-state index in [9.17, 15) is 24.6 Å². The zero-order chi connectivity index (χ0) is 31.7. The van der Waals surface area contributed by atoms with E-state index in [0.717, 1.165) is 17.5 Å². The summed E-state index contributed by atoms with van der Waals surface area (Å²) in [4.78, 5) is 42.5. The SMILES string of the molecule is CCc1ccc(C(C(=O)Nc2c(C)cccc2Cl)N(CCO)C(=O)C(Cc2ccc(O)cc2)NC(=O)OC(C)(C)C)cc1. The summed E-state index contributed by atoms with van der Waals surface area (Å²) in [5.74, 6) is -1.10. The molecule has 43 heavy (non-hydrogen) atoms. The second-order valence-corrected chi connectivity index (χ2v) is 11.7. The van der Waals surface area contributed by atoms with Crippen LogP contribution in [-0.2, 0) is 27.2 Å². The Kier molecular flexibility index (Phi) is 11.6. The molecule has 0 radical (unpaired) electrons. The zero-order valence-electron chi connectivity index (χ0n) is 25.2. The molecule has 0 aliphatic carbocycles. The van der Waals surface area contributed by atoms with E-state index in [2.05, 4.69) is 10.6 Å². The molecule has 2 atom stereocenters. The number of phenols is 1. The molecule has 0 saturated carbocycles. The number of aliphatic hydroxyl groups is 1. The fourth-order valence-corrected chi connectivity index (χ4v) is 4.85. The Balaban J connectivity index is 2.07. The van der Waals surface area contributed by atoms with Gasteiger partial charge in [-0.25, -0.2) is 4.79 Å². The molecule has 3 amide bonds. The van der Waals surface area contributed by atoms with Gasteiger partial charge in [0.15, 0.2) is 0 Å². The smallest absolute Gasteiger partial charge is 0.408 e. The Morgan fingerprint density at radius 2 is 1.60 bits per heavy atom. The van der Waals surface area contributed by atoms with E-state index in [-0.39, 0.29) is 18.7 Å². The maximum atomic E-state index is 14.3. The highest BCUT2D eigenvalue weighted by Crippen LogP contribution is 2.30. The number of carbonyl (C=O) groups excluding carboxylic acids is 3. The number of nitrogens with one attached hydrogen (secondary N) is 2. The van der Waals surface area contributed by atoms with E-state index >= 15 is 0 Å². The van der Waals surface area contributed by atoms with Gasteiger partial charge in [0.05, 0.1) is 17.3 Å². The molecular formula is C33H40ClN3O6. The minimum atomic E-state index is -1.18. The van der Waals surface area contributed by atoms with Gasteiger partial charge in [0.25, 0.3) is 5.91 Å². The van der Waals surface area contributed by atoms with E-state index < -0.39 is 42.2 Å². The largest absolute Gasteiger partial charge is 0.508 e. The molecule has 2 unspecified atom stereocenters. The monoisotopic (exact) mass is 609 g/mol. The van der Waals surface area contributed by atoms with Crippen molar-refractivity contribution in [1.82, 2.24) is 10.2 Å². The third kappa shape index (κ3) is 9.46. The van der Waals surface area contributed by atoms with Gasteiger partial charge in [-0.15, -0.1) is 0 Å². The Hall–Kier alpha value is -4.08. The number of hydrogen-bond acceptors (Lipinski definition) is 6. The normalized spacial score (nSPS) is 12.6. The molecule has 0 aromatic heterocycles. The highest BCUT2D eigenvalue weighted by molar-refractivity contribution is 6.34. The molecule has 0 heterocycles. The zero-order valence-corrected chi connectivity index (χ0v) is 25.9. The maximum absolute atomic E-state index is 14.3. The number of anilines is 1. The quantitative estimate of drug-likeness (QED) is 0.226. The number of ether oxygens (including phenoxy) is 1. The summed E-state index contributed by atoms with van der Waals surface area (Å²) in [6.07, 6.45) is 0.00474. The van der Waals surface area contributed by atoms with Gasteiger partial charge >= 0.3 is 6.09 Å². The number of amides is 3. The lowest BCUT2D eigenvalue weighted by molar-refractivity contribution is -0.141. The molecule has 9 nitrogen and oxygen atoms in total. The number of halogens is 1. The van der Waals surface area contributed by atoms with Crippen molar-refractivity contribution in [2.75, 3.05) is 18.5 Å². The number of carbonyl (C=O) groups is 3. The van der Waals surface area contributed by atoms with Crippen LogP contribution in [0.5, 0.6) is 5.75 Å². The second-order valence-electron chi connectivity index (χ2n) is 11.2. The molecule has 4 N–H and O–H groups in total. The van der Waals surface area contributed by atoms with Crippen molar-refractivity contribution >= 4 is 35.2 Å². The average Bonchev–Trinajstić information content (AvgIpc) is 2.94. The lowest BCUT2D eigenvalue weighted by Gasteiger charge is -2.34. The summed E-state index contributed by atoms with van der Waals surface area (Å²) >= 11 is 6.41. The Morgan fingerprint density at radius 1 is 0.977 bits per heavy atom. The van der Waals surface area contributed by atoms with Crippen molar-refractivity contribution in [3.63, 3.8) is 0 Å². The Bertz CT molecular complexity index is 1380. The third-order valence-corrected chi connectivity index (χ3v) is 7.04. The van der Waals surface area contributed by atoms with Gasteiger partial charge in [-0.2, -0.15) is 0 Å². The lowest BCUT2D eigenvalue weighted by Crippen LogP contribution is -2.53. The maximum Gasteiger partial charge on any atom is 0.408 e.